The van der Waals surface area contributed by atoms with Gasteiger partial charge < -0.3 is 17.5 Å². The van der Waals surface area contributed by atoms with Gasteiger partial charge in [0.1, 0.15) is 5.69 Å². The summed E-state index contributed by atoms with van der Waals surface area (Å²) in [4.78, 5) is 0. The van der Waals surface area contributed by atoms with Crippen molar-refractivity contribution >= 4 is 18.5 Å². The van der Waals surface area contributed by atoms with Crippen molar-refractivity contribution in [2.75, 3.05) is 0 Å². The summed E-state index contributed by atoms with van der Waals surface area (Å²) >= 11 is 4.98. The summed E-state index contributed by atoms with van der Waals surface area (Å²) in [6, 6.07) is 18.4. The lowest BCUT2D eigenvalue weighted by molar-refractivity contribution is -0.374. The van der Waals surface area contributed by atoms with Crippen LogP contribution in [0.3, 0.4) is 0 Å². The highest BCUT2D eigenvalue weighted by molar-refractivity contribution is 7.50. The van der Waals surface area contributed by atoms with Crippen LogP contribution in [0.4, 0.5) is 5.69 Å². The topological polar surface area (TPSA) is 16.6 Å². The second kappa shape index (κ2) is 4.31. The van der Waals surface area contributed by atoms with Crippen molar-refractivity contribution in [3.8, 4) is 11.1 Å². The first kappa shape index (κ1) is 9.31. The molecule has 2 N–H and O–H groups in total. The van der Waals surface area contributed by atoms with Gasteiger partial charge >= 0.3 is 0 Å². The van der Waals surface area contributed by atoms with Crippen LogP contribution >= 0.6 is 0 Å². The Labute approximate surface area is 89.3 Å². The Bertz CT molecular complexity index is 412. The van der Waals surface area contributed by atoms with Crippen LogP contribution in [-0.2, 0) is 12.8 Å². The van der Waals surface area contributed by atoms with Crippen molar-refractivity contribution in [2.24, 2.45) is 0 Å². The molecule has 0 unspecified atom stereocenters. The standard InChI is InChI=1S/C12H11NS/c14-13-12-9-5-4-8-11(12)10-6-2-1-3-7-10/h1-9H,13H2. The fourth-order valence-electron chi connectivity index (χ4n) is 1.48. The van der Waals surface area contributed by atoms with E-state index in [1.54, 1.807) is 4.72 Å². The van der Waals surface area contributed by atoms with E-state index in [4.69, 9.17) is 12.8 Å². The molecule has 0 amide bonds. The van der Waals surface area contributed by atoms with Gasteiger partial charge in [-0.05, 0) is 17.7 Å². The third kappa shape index (κ3) is 1.81. The molecule has 0 aliphatic rings. The Morgan fingerprint density at radius 2 is 1.43 bits per heavy atom. The number of hydrogen-bond acceptors (Lipinski definition) is 1. The van der Waals surface area contributed by atoms with Crippen LogP contribution in [0.15, 0.2) is 54.6 Å². The third-order valence-electron chi connectivity index (χ3n) is 2.17. The Kier molecular flexibility index (Phi) is 2.87. The fraction of sp³-hybridized carbons (Fsp3) is 0. The van der Waals surface area contributed by atoms with E-state index in [1.165, 1.54) is 11.1 Å². The summed E-state index contributed by atoms with van der Waals surface area (Å²) in [5.74, 6) is 0. The summed E-state index contributed by atoms with van der Waals surface area (Å²) in [7, 11) is 0. The van der Waals surface area contributed by atoms with E-state index in [-0.39, 0.29) is 0 Å². The maximum atomic E-state index is 4.98. The van der Waals surface area contributed by atoms with Crippen LogP contribution in [-0.4, -0.2) is 0 Å². The molecule has 0 fully saturated rings. The van der Waals surface area contributed by atoms with Crippen molar-refractivity contribution in [3.63, 3.8) is 0 Å². The Morgan fingerprint density at radius 3 is 2.14 bits per heavy atom. The fourth-order valence-corrected chi connectivity index (χ4v) is 1.69. The first-order valence-electron chi connectivity index (χ1n) is 4.51. The van der Waals surface area contributed by atoms with Crippen molar-refractivity contribution in [1.82, 2.24) is 0 Å². The molecule has 2 heteroatoms. The van der Waals surface area contributed by atoms with E-state index < -0.39 is 0 Å². The number of rotatable bonds is 2. The minimum absolute atomic E-state index is 1.11. The third-order valence-corrected chi connectivity index (χ3v) is 2.43. The summed E-state index contributed by atoms with van der Waals surface area (Å²) < 4.78 is 1.72. The minimum Gasteiger partial charge on any atom is -0.492 e. The first-order chi connectivity index (χ1) is 6.92. The molecule has 0 heterocycles. The molecule has 70 valence electrons. The molecule has 0 saturated heterocycles. The van der Waals surface area contributed by atoms with E-state index >= 15 is 0 Å². The molecule has 0 aliphatic carbocycles. The van der Waals surface area contributed by atoms with Crippen LogP contribution in [0, 0.1) is 0 Å². The molecular formula is C12H11NS. The molecule has 0 aromatic heterocycles. The van der Waals surface area contributed by atoms with E-state index in [9.17, 15) is 0 Å². The molecule has 0 spiro atoms. The monoisotopic (exact) mass is 201 g/mol. The van der Waals surface area contributed by atoms with Crippen LogP contribution < -0.4 is 4.72 Å². The van der Waals surface area contributed by atoms with Gasteiger partial charge in [-0.2, -0.15) is 0 Å². The summed E-state index contributed by atoms with van der Waals surface area (Å²) in [5.41, 5.74) is 3.51. The quantitative estimate of drug-likeness (QED) is 0.581. The van der Waals surface area contributed by atoms with Crippen molar-refractivity contribution in [1.29, 1.82) is 0 Å². The van der Waals surface area contributed by atoms with E-state index in [2.05, 4.69) is 18.2 Å². The predicted octanol–water partition coefficient (Wildman–Crippen LogP) is 2.01. The Morgan fingerprint density at radius 1 is 0.786 bits per heavy atom. The normalized spacial score (nSPS) is 10.1. The van der Waals surface area contributed by atoms with E-state index in [0.717, 1.165) is 5.69 Å². The van der Waals surface area contributed by atoms with Gasteiger partial charge in [-0.25, -0.2) is 0 Å². The zero-order valence-corrected chi connectivity index (χ0v) is 8.50. The average Bonchev–Trinajstić information content (AvgIpc) is 2.30. The number of benzene rings is 2. The molecule has 2 rings (SSSR count). The van der Waals surface area contributed by atoms with Crippen LogP contribution in [0.5, 0.6) is 0 Å². The minimum atomic E-state index is 1.11. The van der Waals surface area contributed by atoms with Gasteiger partial charge in [-0.3, -0.25) is 0 Å². The Balaban J connectivity index is 2.51. The molecule has 0 radical (unpaired) electrons. The second-order valence-electron chi connectivity index (χ2n) is 3.07. The van der Waals surface area contributed by atoms with Crippen LogP contribution in [0.25, 0.3) is 11.1 Å². The molecule has 0 atom stereocenters. The molecule has 1 nitrogen and oxygen atoms in total. The van der Waals surface area contributed by atoms with Gasteiger partial charge in [0.05, 0.1) is 0 Å². The van der Waals surface area contributed by atoms with Gasteiger partial charge in [-0.1, -0.05) is 42.5 Å². The van der Waals surface area contributed by atoms with Gasteiger partial charge in [-0.15, -0.1) is 0 Å². The smallest absolute Gasteiger partial charge is 0.119 e. The zero-order chi connectivity index (χ0) is 9.80. The Hall–Kier alpha value is -1.25. The van der Waals surface area contributed by atoms with Crippen molar-refractivity contribution < 1.29 is 4.72 Å². The predicted molar refractivity (Wildman–Crippen MR) is 60.8 cm³/mol. The molecule has 0 saturated carbocycles. The van der Waals surface area contributed by atoms with Gasteiger partial charge in [0.25, 0.3) is 0 Å². The maximum absolute atomic E-state index is 4.98. The van der Waals surface area contributed by atoms with Gasteiger partial charge in [0.2, 0.25) is 0 Å². The summed E-state index contributed by atoms with van der Waals surface area (Å²) in [5, 5.41) is 0. The van der Waals surface area contributed by atoms with Crippen LogP contribution in [0.2, 0.25) is 0 Å². The molecular weight excluding hydrogens is 190 g/mol. The number of hydrogen-bond donors (Lipinski definition) is 1. The van der Waals surface area contributed by atoms with Gasteiger partial charge in [0.15, 0.2) is 0 Å². The second-order valence-corrected chi connectivity index (χ2v) is 3.31. The highest BCUT2D eigenvalue weighted by atomic mass is 32.1. The highest BCUT2D eigenvalue weighted by Gasteiger charge is 2.02. The molecule has 2 aromatic carbocycles. The lowest BCUT2D eigenvalue weighted by Gasteiger charge is -2.08. The maximum Gasteiger partial charge on any atom is 0.119 e. The van der Waals surface area contributed by atoms with E-state index in [0.29, 0.717) is 0 Å². The molecule has 0 aliphatic heterocycles. The summed E-state index contributed by atoms with van der Waals surface area (Å²) in [6.07, 6.45) is 0. The van der Waals surface area contributed by atoms with Crippen molar-refractivity contribution in [2.45, 2.75) is 0 Å². The lowest BCUT2D eigenvalue weighted by Crippen LogP contribution is -2.70. The SMILES string of the molecule is [S-][NH2+]c1ccccc1-c1ccccc1. The van der Waals surface area contributed by atoms with E-state index in [1.807, 2.05) is 36.4 Å². The van der Waals surface area contributed by atoms with Gasteiger partial charge in [0, 0.05) is 5.56 Å². The highest BCUT2D eigenvalue weighted by Crippen LogP contribution is 2.23. The molecule has 14 heavy (non-hydrogen) atoms. The van der Waals surface area contributed by atoms with Crippen molar-refractivity contribution in [3.05, 3.63) is 54.6 Å². The number of quaternary nitrogens is 1. The lowest BCUT2D eigenvalue weighted by atomic mass is 10.0. The first-order valence-corrected chi connectivity index (χ1v) is 4.98. The van der Waals surface area contributed by atoms with Crippen LogP contribution in [0.1, 0.15) is 0 Å². The summed E-state index contributed by atoms with van der Waals surface area (Å²) in [6.45, 7) is 0. The largest absolute Gasteiger partial charge is 0.492 e. The zero-order valence-electron chi connectivity index (χ0n) is 7.68. The molecule has 0 bridgehead atoms. The average molecular weight is 201 g/mol. The molecule has 2 aromatic rings. The number of nitrogens with two attached hydrogens (primary N) is 1.